The molecule has 0 aliphatic heterocycles. The molecule has 0 aliphatic carbocycles. The minimum absolute atomic E-state index is 0.104. The fraction of sp³-hybridized carbons (Fsp3) is 0.333. The van der Waals surface area contributed by atoms with Crippen molar-refractivity contribution in [2.24, 2.45) is 0 Å². The Hall–Kier alpha value is -1.91. The average molecular weight is 337 g/mol. The van der Waals surface area contributed by atoms with Gasteiger partial charge in [0.25, 0.3) is 0 Å². The number of aliphatic hydroxyl groups excluding tert-OH is 1. The van der Waals surface area contributed by atoms with Crippen molar-refractivity contribution in [1.29, 1.82) is 0 Å². The highest BCUT2D eigenvalue weighted by atomic mass is 35.5. The number of methoxy groups -OCH3 is 3. The fourth-order valence-electron chi connectivity index (χ4n) is 2.62. The minimum Gasteiger partial charge on any atom is -0.497 e. The number of ether oxygens (including phenoxy) is 3. The van der Waals surface area contributed by atoms with E-state index in [0.717, 1.165) is 28.9 Å². The minimum atomic E-state index is -0.104. The number of benzene rings is 2. The van der Waals surface area contributed by atoms with Crippen molar-refractivity contribution < 1.29 is 19.3 Å². The van der Waals surface area contributed by atoms with Crippen molar-refractivity contribution in [2.75, 3.05) is 21.3 Å². The van der Waals surface area contributed by atoms with E-state index in [2.05, 4.69) is 0 Å². The van der Waals surface area contributed by atoms with E-state index in [1.807, 2.05) is 24.3 Å². The number of rotatable bonds is 7. The fourth-order valence-corrected chi connectivity index (χ4v) is 2.91. The lowest BCUT2D eigenvalue weighted by Crippen LogP contribution is -2.04. The van der Waals surface area contributed by atoms with Gasteiger partial charge in [-0.3, -0.25) is 0 Å². The van der Waals surface area contributed by atoms with E-state index in [1.165, 1.54) is 0 Å². The zero-order chi connectivity index (χ0) is 16.8. The molecule has 1 N–H and O–H groups in total. The molecule has 2 rings (SSSR count). The molecule has 0 saturated heterocycles. The van der Waals surface area contributed by atoms with E-state index >= 15 is 0 Å². The average Bonchev–Trinajstić information content (AvgIpc) is 2.59. The third-order valence-electron chi connectivity index (χ3n) is 3.76. The van der Waals surface area contributed by atoms with Crippen molar-refractivity contribution in [3.05, 3.63) is 52.0 Å². The van der Waals surface area contributed by atoms with Crippen LogP contribution in [0.3, 0.4) is 0 Å². The summed E-state index contributed by atoms with van der Waals surface area (Å²) >= 11 is 6.19. The van der Waals surface area contributed by atoms with Crippen LogP contribution in [0.2, 0.25) is 5.02 Å². The standard InChI is InChI=1S/C18H21ClO4/c1-21-14-6-4-5-12(9-14)7-8-15-13(11-20)10-16(19)18(23-3)17(15)22-2/h4-6,9-10,20H,7-8,11H2,1-3H3. The van der Waals surface area contributed by atoms with Gasteiger partial charge >= 0.3 is 0 Å². The first-order valence-electron chi connectivity index (χ1n) is 7.30. The lowest BCUT2D eigenvalue weighted by molar-refractivity contribution is 0.278. The molecule has 0 radical (unpaired) electrons. The summed E-state index contributed by atoms with van der Waals surface area (Å²) in [6.07, 6.45) is 1.48. The van der Waals surface area contributed by atoms with Crippen LogP contribution in [0.4, 0.5) is 0 Å². The summed E-state index contributed by atoms with van der Waals surface area (Å²) in [6, 6.07) is 9.64. The SMILES string of the molecule is COc1cccc(CCc2c(CO)cc(Cl)c(OC)c2OC)c1. The molecule has 124 valence electrons. The molecule has 2 aromatic rings. The zero-order valence-corrected chi connectivity index (χ0v) is 14.3. The third-order valence-corrected chi connectivity index (χ3v) is 4.04. The molecular formula is C18H21ClO4. The molecule has 5 heteroatoms. The monoisotopic (exact) mass is 336 g/mol. The Morgan fingerprint density at radius 1 is 0.957 bits per heavy atom. The van der Waals surface area contributed by atoms with Gasteiger partial charge in [0.05, 0.1) is 33.0 Å². The van der Waals surface area contributed by atoms with Gasteiger partial charge in [0, 0.05) is 5.56 Å². The first-order valence-corrected chi connectivity index (χ1v) is 7.68. The largest absolute Gasteiger partial charge is 0.497 e. The van der Waals surface area contributed by atoms with Crippen molar-refractivity contribution >= 4 is 11.6 Å². The molecule has 0 spiro atoms. The quantitative estimate of drug-likeness (QED) is 0.838. The molecule has 23 heavy (non-hydrogen) atoms. The van der Waals surface area contributed by atoms with Crippen LogP contribution in [-0.4, -0.2) is 26.4 Å². The van der Waals surface area contributed by atoms with Gasteiger partial charge in [-0.25, -0.2) is 0 Å². The molecule has 0 saturated carbocycles. The molecule has 0 fully saturated rings. The number of aryl methyl sites for hydroxylation is 1. The Balaban J connectivity index is 2.34. The Labute approximate surface area is 141 Å². The van der Waals surface area contributed by atoms with E-state index in [9.17, 15) is 5.11 Å². The summed E-state index contributed by atoms with van der Waals surface area (Å²) < 4.78 is 16.1. The third kappa shape index (κ3) is 3.89. The maximum atomic E-state index is 9.63. The highest BCUT2D eigenvalue weighted by Crippen LogP contribution is 2.40. The highest BCUT2D eigenvalue weighted by Gasteiger charge is 2.18. The Morgan fingerprint density at radius 2 is 1.70 bits per heavy atom. The Kier molecular flexibility index (Phi) is 6.13. The lowest BCUT2D eigenvalue weighted by atomic mass is 9.98. The van der Waals surface area contributed by atoms with Gasteiger partial charge in [-0.2, -0.15) is 0 Å². The molecule has 2 aromatic carbocycles. The second kappa shape index (κ2) is 8.09. The maximum absolute atomic E-state index is 9.63. The van der Waals surface area contributed by atoms with Gasteiger partial charge in [0.15, 0.2) is 11.5 Å². The zero-order valence-electron chi connectivity index (χ0n) is 13.6. The molecule has 0 heterocycles. The Morgan fingerprint density at radius 3 is 2.30 bits per heavy atom. The second-order valence-electron chi connectivity index (χ2n) is 5.07. The van der Waals surface area contributed by atoms with Gasteiger partial charge in [0.1, 0.15) is 5.75 Å². The summed E-state index contributed by atoms with van der Waals surface area (Å²) in [6.45, 7) is -0.104. The van der Waals surface area contributed by atoms with Crippen molar-refractivity contribution in [3.63, 3.8) is 0 Å². The second-order valence-corrected chi connectivity index (χ2v) is 5.48. The topological polar surface area (TPSA) is 47.9 Å². The van der Waals surface area contributed by atoms with Crippen LogP contribution in [0.5, 0.6) is 17.2 Å². The molecule has 0 aliphatic rings. The van der Waals surface area contributed by atoms with Crippen molar-refractivity contribution in [3.8, 4) is 17.2 Å². The summed E-state index contributed by atoms with van der Waals surface area (Å²) in [5.74, 6) is 1.89. The molecule has 0 bridgehead atoms. The van der Waals surface area contributed by atoms with Crippen LogP contribution in [0.25, 0.3) is 0 Å². The maximum Gasteiger partial charge on any atom is 0.179 e. The van der Waals surface area contributed by atoms with E-state index in [1.54, 1.807) is 27.4 Å². The molecular weight excluding hydrogens is 316 g/mol. The van der Waals surface area contributed by atoms with Crippen LogP contribution < -0.4 is 14.2 Å². The van der Waals surface area contributed by atoms with Gasteiger partial charge in [-0.05, 0) is 42.2 Å². The summed E-state index contributed by atoms with van der Waals surface area (Å²) in [4.78, 5) is 0. The normalized spacial score (nSPS) is 10.5. The van der Waals surface area contributed by atoms with Crippen LogP contribution in [0.1, 0.15) is 16.7 Å². The van der Waals surface area contributed by atoms with Crippen LogP contribution in [0, 0.1) is 0 Å². The summed E-state index contributed by atoms with van der Waals surface area (Å²) in [5, 5.41) is 10.1. The van der Waals surface area contributed by atoms with Gasteiger partial charge < -0.3 is 19.3 Å². The number of hydrogen-bond acceptors (Lipinski definition) is 4. The molecule has 0 atom stereocenters. The van der Waals surface area contributed by atoms with E-state index in [-0.39, 0.29) is 6.61 Å². The first kappa shape index (κ1) is 17.4. The molecule has 0 unspecified atom stereocenters. The summed E-state index contributed by atoms with van der Waals surface area (Å²) in [5.41, 5.74) is 2.79. The van der Waals surface area contributed by atoms with Crippen molar-refractivity contribution in [2.45, 2.75) is 19.4 Å². The molecule has 0 amide bonds. The van der Waals surface area contributed by atoms with Gasteiger partial charge in [0.2, 0.25) is 0 Å². The van der Waals surface area contributed by atoms with Crippen LogP contribution >= 0.6 is 11.6 Å². The van der Waals surface area contributed by atoms with Crippen molar-refractivity contribution in [1.82, 2.24) is 0 Å². The molecule has 4 nitrogen and oxygen atoms in total. The smallest absolute Gasteiger partial charge is 0.179 e. The first-order chi connectivity index (χ1) is 11.1. The van der Waals surface area contributed by atoms with Crippen LogP contribution in [-0.2, 0) is 19.4 Å². The van der Waals surface area contributed by atoms with Gasteiger partial charge in [-0.1, -0.05) is 23.7 Å². The predicted molar refractivity (Wildman–Crippen MR) is 90.9 cm³/mol. The number of halogens is 1. The number of hydrogen-bond donors (Lipinski definition) is 1. The Bertz CT molecular complexity index is 670. The van der Waals surface area contributed by atoms with Crippen LogP contribution in [0.15, 0.2) is 30.3 Å². The molecule has 0 aromatic heterocycles. The van der Waals surface area contributed by atoms with E-state index < -0.39 is 0 Å². The number of aliphatic hydroxyl groups is 1. The van der Waals surface area contributed by atoms with E-state index in [0.29, 0.717) is 22.9 Å². The lowest BCUT2D eigenvalue weighted by Gasteiger charge is -2.17. The summed E-state index contributed by atoms with van der Waals surface area (Å²) in [7, 11) is 4.77. The predicted octanol–water partition coefficient (Wildman–Crippen LogP) is 3.64. The highest BCUT2D eigenvalue weighted by molar-refractivity contribution is 6.32. The van der Waals surface area contributed by atoms with Gasteiger partial charge in [-0.15, -0.1) is 0 Å². The van der Waals surface area contributed by atoms with E-state index in [4.69, 9.17) is 25.8 Å².